The van der Waals surface area contributed by atoms with Crippen molar-refractivity contribution in [2.45, 2.75) is 13.8 Å². The van der Waals surface area contributed by atoms with Crippen LogP contribution in [0.15, 0.2) is 42.5 Å². The van der Waals surface area contributed by atoms with E-state index >= 15 is 0 Å². The number of hydrogen-bond donors (Lipinski definition) is 0. The van der Waals surface area contributed by atoms with Gasteiger partial charge < -0.3 is 9.64 Å². The molecule has 25 heavy (non-hydrogen) atoms. The molecule has 130 valence electrons. The molecule has 2 aromatic carbocycles. The van der Waals surface area contributed by atoms with Gasteiger partial charge in [-0.2, -0.15) is 0 Å². The van der Waals surface area contributed by atoms with E-state index in [-0.39, 0.29) is 11.7 Å². The highest BCUT2D eigenvalue weighted by Gasteiger charge is 2.10. The Morgan fingerprint density at radius 3 is 2.16 bits per heavy atom. The molecule has 0 spiro atoms. The number of rotatable bonds is 5. The lowest BCUT2D eigenvalue weighted by atomic mass is 10.0. The zero-order valence-corrected chi connectivity index (χ0v) is 15.3. The summed E-state index contributed by atoms with van der Waals surface area (Å²) in [6, 6.07) is 10.7. The van der Waals surface area contributed by atoms with E-state index in [1.165, 1.54) is 11.0 Å². The normalized spacial score (nSPS) is 10.8. The van der Waals surface area contributed by atoms with E-state index in [9.17, 15) is 9.59 Å². The van der Waals surface area contributed by atoms with Crippen LogP contribution in [-0.2, 0) is 0 Å². The summed E-state index contributed by atoms with van der Waals surface area (Å²) in [5.74, 6) is 0.557. The highest BCUT2D eigenvalue weighted by atomic mass is 16.5. The van der Waals surface area contributed by atoms with E-state index in [1.54, 1.807) is 51.5 Å². The lowest BCUT2D eigenvalue weighted by molar-refractivity contribution is 0.0827. The molecular weight excluding hydrogens is 314 g/mol. The summed E-state index contributed by atoms with van der Waals surface area (Å²) in [4.78, 5) is 25.8. The van der Waals surface area contributed by atoms with Crippen molar-refractivity contribution in [2.24, 2.45) is 0 Å². The number of amides is 1. The first-order valence-electron chi connectivity index (χ1n) is 8.03. The van der Waals surface area contributed by atoms with Crippen LogP contribution in [0, 0.1) is 13.8 Å². The lowest BCUT2D eigenvalue weighted by Gasteiger charge is -2.10. The maximum Gasteiger partial charge on any atom is 0.253 e. The molecule has 0 atom stereocenters. The van der Waals surface area contributed by atoms with Crippen LogP contribution >= 0.6 is 0 Å². The van der Waals surface area contributed by atoms with Gasteiger partial charge in [-0.1, -0.05) is 23.8 Å². The summed E-state index contributed by atoms with van der Waals surface area (Å²) in [5, 5.41) is 0. The summed E-state index contributed by atoms with van der Waals surface area (Å²) in [7, 11) is 5.01. The average Bonchev–Trinajstić information content (AvgIpc) is 2.58. The van der Waals surface area contributed by atoms with Gasteiger partial charge in [-0.3, -0.25) is 9.59 Å². The lowest BCUT2D eigenvalue weighted by Crippen LogP contribution is -2.21. The first-order chi connectivity index (χ1) is 11.8. The molecule has 0 aliphatic rings. The van der Waals surface area contributed by atoms with Gasteiger partial charge in [0, 0.05) is 30.8 Å². The third-order valence-corrected chi connectivity index (χ3v) is 3.89. The van der Waals surface area contributed by atoms with Crippen molar-refractivity contribution in [2.75, 3.05) is 21.2 Å². The zero-order valence-electron chi connectivity index (χ0n) is 15.3. The first kappa shape index (κ1) is 18.5. The van der Waals surface area contributed by atoms with Crippen LogP contribution in [0.5, 0.6) is 5.75 Å². The minimum Gasteiger partial charge on any atom is -0.496 e. The fourth-order valence-corrected chi connectivity index (χ4v) is 2.69. The Kier molecular flexibility index (Phi) is 5.75. The van der Waals surface area contributed by atoms with Crippen molar-refractivity contribution < 1.29 is 14.3 Å². The number of allylic oxidation sites excluding steroid dienone is 1. The molecule has 1 amide bonds. The second-order valence-corrected chi connectivity index (χ2v) is 6.18. The molecule has 0 saturated heterocycles. The Balaban J connectivity index is 2.23. The molecule has 0 N–H and O–H groups in total. The van der Waals surface area contributed by atoms with Crippen LogP contribution in [0.2, 0.25) is 0 Å². The van der Waals surface area contributed by atoms with Gasteiger partial charge >= 0.3 is 0 Å². The summed E-state index contributed by atoms with van der Waals surface area (Å²) in [5.41, 5.74) is 4.10. The Bertz CT molecular complexity index is 818. The second kappa shape index (κ2) is 7.79. The van der Waals surface area contributed by atoms with Crippen LogP contribution in [0.25, 0.3) is 6.08 Å². The molecular formula is C21H23NO3. The Morgan fingerprint density at radius 2 is 1.60 bits per heavy atom. The maximum atomic E-state index is 12.4. The minimum absolute atomic E-state index is 0.0884. The summed E-state index contributed by atoms with van der Waals surface area (Å²) in [6.45, 7) is 3.98. The first-order valence-corrected chi connectivity index (χ1v) is 8.03. The van der Waals surface area contributed by atoms with Gasteiger partial charge in [0.25, 0.3) is 5.91 Å². The van der Waals surface area contributed by atoms with E-state index in [1.807, 2.05) is 26.0 Å². The SMILES string of the molecule is COc1c(C)cc(C)cc1/C=C/C(=O)c1ccc(C(=O)N(C)C)cc1. The van der Waals surface area contributed by atoms with Gasteiger partial charge in [-0.15, -0.1) is 0 Å². The van der Waals surface area contributed by atoms with E-state index in [0.717, 1.165) is 22.4 Å². The molecule has 0 aliphatic heterocycles. The molecule has 2 rings (SSSR count). The molecule has 0 saturated carbocycles. The van der Waals surface area contributed by atoms with Gasteiger partial charge in [0.15, 0.2) is 5.78 Å². The summed E-state index contributed by atoms with van der Waals surface area (Å²) in [6.07, 6.45) is 3.29. The standard InChI is InChI=1S/C21H23NO3/c1-14-12-15(2)20(25-5)18(13-14)10-11-19(23)16-6-8-17(9-7-16)21(24)22(3)4/h6-13H,1-5H3/b11-10+. The fourth-order valence-electron chi connectivity index (χ4n) is 2.69. The summed E-state index contributed by atoms with van der Waals surface area (Å²) >= 11 is 0. The quantitative estimate of drug-likeness (QED) is 0.614. The maximum absolute atomic E-state index is 12.4. The van der Waals surface area contributed by atoms with Crippen molar-refractivity contribution in [3.8, 4) is 5.75 Å². The van der Waals surface area contributed by atoms with E-state index in [0.29, 0.717) is 11.1 Å². The molecule has 0 unspecified atom stereocenters. The van der Waals surface area contributed by atoms with E-state index < -0.39 is 0 Å². The number of nitrogens with zero attached hydrogens (tertiary/aromatic N) is 1. The van der Waals surface area contributed by atoms with Gasteiger partial charge in [-0.25, -0.2) is 0 Å². The van der Waals surface area contributed by atoms with Gasteiger partial charge in [0.05, 0.1) is 7.11 Å². The molecule has 4 heteroatoms. The molecule has 4 nitrogen and oxygen atoms in total. The molecule has 0 bridgehead atoms. The monoisotopic (exact) mass is 337 g/mol. The van der Waals surface area contributed by atoms with Crippen molar-refractivity contribution in [1.29, 1.82) is 0 Å². The molecule has 0 aromatic heterocycles. The van der Waals surface area contributed by atoms with Crippen LogP contribution in [0.3, 0.4) is 0 Å². The molecule has 0 fully saturated rings. The number of benzene rings is 2. The van der Waals surface area contributed by atoms with Gasteiger partial charge in [0.2, 0.25) is 0 Å². The molecule has 2 aromatic rings. The van der Waals surface area contributed by atoms with E-state index in [4.69, 9.17) is 4.74 Å². The van der Waals surface area contributed by atoms with Gasteiger partial charge in [-0.05, 0) is 49.8 Å². The Labute approximate surface area is 148 Å². The van der Waals surface area contributed by atoms with E-state index in [2.05, 4.69) is 0 Å². The van der Waals surface area contributed by atoms with Crippen molar-refractivity contribution in [1.82, 2.24) is 4.90 Å². The van der Waals surface area contributed by atoms with Crippen molar-refractivity contribution >= 4 is 17.8 Å². The number of ether oxygens (including phenoxy) is 1. The predicted octanol–water partition coefficient (Wildman–Crippen LogP) is 3.91. The smallest absolute Gasteiger partial charge is 0.253 e. The third kappa shape index (κ3) is 4.35. The number of carbonyl (C=O) groups excluding carboxylic acids is 2. The zero-order chi connectivity index (χ0) is 18.6. The third-order valence-electron chi connectivity index (χ3n) is 3.89. The molecule has 0 aliphatic carbocycles. The predicted molar refractivity (Wildman–Crippen MR) is 100 cm³/mol. The number of methoxy groups -OCH3 is 1. The highest BCUT2D eigenvalue weighted by molar-refractivity contribution is 6.07. The largest absolute Gasteiger partial charge is 0.496 e. The van der Waals surface area contributed by atoms with Crippen LogP contribution in [-0.4, -0.2) is 37.8 Å². The second-order valence-electron chi connectivity index (χ2n) is 6.18. The van der Waals surface area contributed by atoms with Crippen LogP contribution in [0.4, 0.5) is 0 Å². The van der Waals surface area contributed by atoms with Crippen molar-refractivity contribution in [3.63, 3.8) is 0 Å². The minimum atomic E-state index is -0.120. The number of ketones is 1. The fraction of sp³-hybridized carbons (Fsp3) is 0.238. The average molecular weight is 337 g/mol. The molecule has 0 radical (unpaired) electrons. The highest BCUT2D eigenvalue weighted by Crippen LogP contribution is 2.26. The van der Waals surface area contributed by atoms with Crippen LogP contribution in [0.1, 0.15) is 37.4 Å². The number of aryl methyl sites for hydroxylation is 2. The van der Waals surface area contributed by atoms with Crippen molar-refractivity contribution in [3.05, 3.63) is 70.3 Å². The number of carbonyl (C=O) groups is 2. The Morgan fingerprint density at radius 1 is 1.00 bits per heavy atom. The van der Waals surface area contributed by atoms with Crippen LogP contribution < -0.4 is 4.74 Å². The number of hydrogen-bond acceptors (Lipinski definition) is 3. The topological polar surface area (TPSA) is 46.6 Å². The Hall–Kier alpha value is -2.88. The molecule has 0 heterocycles. The van der Waals surface area contributed by atoms with Gasteiger partial charge in [0.1, 0.15) is 5.75 Å². The summed E-state index contributed by atoms with van der Waals surface area (Å²) < 4.78 is 5.43.